The molecular formula is C15H24N2O2S. The molecule has 0 bridgehead atoms. The second-order valence-electron chi connectivity index (χ2n) is 5.51. The average molecular weight is 296 g/mol. The number of piperazine rings is 1. The molecular weight excluding hydrogens is 272 g/mol. The number of nitrogens with zero attached hydrogens (tertiary/aromatic N) is 2. The Kier molecular flexibility index (Phi) is 4.83. The summed E-state index contributed by atoms with van der Waals surface area (Å²) in [5, 5.41) is 0. The fourth-order valence-corrected chi connectivity index (χ4v) is 3.92. The summed E-state index contributed by atoms with van der Waals surface area (Å²) >= 11 is 0. The van der Waals surface area contributed by atoms with Crippen LogP contribution in [0.2, 0.25) is 0 Å². The van der Waals surface area contributed by atoms with Gasteiger partial charge in [-0.3, -0.25) is 4.90 Å². The molecule has 0 amide bonds. The molecule has 1 aliphatic rings. The molecule has 2 rings (SSSR count). The van der Waals surface area contributed by atoms with Crippen LogP contribution in [0.5, 0.6) is 0 Å². The number of hydrogen-bond acceptors (Lipinski definition) is 3. The second-order valence-corrected chi connectivity index (χ2v) is 7.45. The van der Waals surface area contributed by atoms with Gasteiger partial charge in [0.25, 0.3) is 0 Å². The summed E-state index contributed by atoms with van der Waals surface area (Å²) in [5.41, 5.74) is 1.07. The molecule has 1 atom stereocenters. The van der Waals surface area contributed by atoms with Gasteiger partial charge in [-0.25, -0.2) is 8.42 Å². The summed E-state index contributed by atoms with van der Waals surface area (Å²) < 4.78 is 26.7. The number of sulfonamides is 1. The van der Waals surface area contributed by atoms with Gasteiger partial charge in [-0.1, -0.05) is 24.6 Å². The molecule has 1 aromatic carbocycles. The van der Waals surface area contributed by atoms with Crippen molar-refractivity contribution in [1.82, 2.24) is 9.21 Å². The van der Waals surface area contributed by atoms with Crippen LogP contribution in [0.25, 0.3) is 0 Å². The van der Waals surface area contributed by atoms with E-state index in [4.69, 9.17) is 0 Å². The van der Waals surface area contributed by atoms with E-state index in [1.807, 2.05) is 19.1 Å². The van der Waals surface area contributed by atoms with Crippen molar-refractivity contribution in [2.24, 2.45) is 0 Å². The van der Waals surface area contributed by atoms with Crippen LogP contribution in [0.3, 0.4) is 0 Å². The lowest BCUT2D eigenvalue weighted by Gasteiger charge is -2.37. The van der Waals surface area contributed by atoms with E-state index in [0.717, 1.165) is 25.1 Å². The Bertz CT molecular complexity index is 531. The number of hydrogen-bond donors (Lipinski definition) is 0. The normalized spacial score (nSPS) is 19.9. The molecule has 0 saturated carbocycles. The Morgan fingerprint density at radius 1 is 1.10 bits per heavy atom. The van der Waals surface area contributed by atoms with Gasteiger partial charge in [0.2, 0.25) is 10.0 Å². The van der Waals surface area contributed by atoms with Crippen LogP contribution in [-0.2, 0) is 10.0 Å². The summed E-state index contributed by atoms with van der Waals surface area (Å²) in [6.45, 7) is 9.13. The van der Waals surface area contributed by atoms with Crippen molar-refractivity contribution in [2.75, 3.05) is 26.2 Å². The molecule has 0 spiro atoms. The predicted molar refractivity (Wildman–Crippen MR) is 81.3 cm³/mol. The predicted octanol–water partition coefficient (Wildman–Crippen LogP) is 2.10. The first-order valence-corrected chi connectivity index (χ1v) is 8.70. The van der Waals surface area contributed by atoms with Gasteiger partial charge >= 0.3 is 0 Å². The molecule has 0 aliphatic carbocycles. The van der Waals surface area contributed by atoms with Gasteiger partial charge in [0.05, 0.1) is 4.90 Å². The zero-order valence-corrected chi connectivity index (χ0v) is 13.4. The van der Waals surface area contributed by atoms with Crippen molar-refractivity contribution in [3.8, 4) is 0 Å². The van der Waals surface area contributed by atoms with Crippen molar-refractivity contribution < 1.29 is 8.42 Å². The van der Waals surface area contributed by atoms with E-state index in [1.54, 1.807) is 16.4 Å². The molecule has 0 N–H and O–H groups in total. The first kappa shape index (κ1) is 15.5. The number of aryl methyl sites for hydroxylation is 1. The van der Waals surface area contributed by atoms with Gasteiger partial charge in [0.15, 0.2) is 0 Å². The maximum Gasteiger partial charge on any atom is 0.243 e. The highest BCUT2D eigenvalue weighted by atomic mass is 32.2. The van der Waals surface area contributed by atoms with Gasteiger partial charge in [0.1, 0.15) is 0 Å². The molecule has 5 heteroatoms. The van der Waals surface area contributed by atoms with E-state index < -0.39 is 10.0 Å². The SMILES string of the molecule is CC[C@H](C)N1CCN(S(=O)(=O)c2ccc(C)cc2)CC1. The third-order valence-electron chi connectivity index (χ3n) is 4.15. The Morgan fingerprint density at radius 3 is 2.15 bits per heavy atom. The van der Waals surface area contributed by atoms with Crippen LogP contribution < -0.4 is 0 Å². The Morgan fingerprint density at radius 2 is 1.65 bits per heavy atom. The third kappa shape index (κ3) is 3.22. The van der Waals surface area contributed by atoms with E-state index in [1.165, 1.54) is 0 Å². The standard InChI is InChI=1S/C15H24N2O2S/c1-4-14(3)16-9-11-17(12-10-16)20(18,19)15-7-5-13(2)6-8-15/h5-8,14H,4,9-12H2,1-3H3/t14-/m0/s1. The Hall–Kier alpha value is -0.910. The molecule has 1 fully saturated rings. The maximum atomic E-state index is 12.6. The number of rotatable bonds is 4. The van der Waals surface area contributed by atoms with E-state index in [-0.39, 0.29) is 0 Å². The topological polar surface area (TPSA) is 40.6 Å². The molecule has 0 radical (unpaired) electrons. The van der Waals surface area contributed by atoms with Crippen molar-refractivity contribution in [3.05, 3.63) is 29.8 Å². The van der Waals surface area contributed by atoms with Gasteiger partial charge in [-0.15, -0.1) is 0 Å². The zero-order valence-electron chi connectivity index (χ0n) is 12.5. The summed E-state index contributed by atoms with van der Waals surface area (Å²) in [7, 11) is -3.33. The molecule has 0 aromatic heterocycles. The Labute approximate surface area is 122 Å². The summed E-state index contributed by atoms with van der Waals surface area (Å²) in [6.07, 6.45) is 1.10. The minimum atomic E-state index is -3.33. The smallest absolute Gasteiger partial charge is 0.243 e. The first-order chi connectivity index (χ1) is 9.45. The quantitative estimate of drug-likeness (QED) is 0.854. The lowest BCUT2D eigenvalue weighted by molar-refractivity contribution is 0.142. The molecule has 20 heavy (non-hydrogen) atoms. The van der Waals surface area contributed by atoms with Crippen LogP contribution in [0.1, 0.15) is 25.8 Å². The minimum Gasteiger partial charge on any atom is -0.298 e. The lowest BCUT2D eigenvalue weighted by Crippen LogP contribution is -2.51. The van der Waals surface area contributed by atoms with Crippen molar-refractivity contribution in [2.45, 2.75) is 38.1 Å². The maximum absolute atomic E-state index is 12.6. The third-order valence-corrected chi connectivity index (χ3v) is 6.06. The van der Waals surface area contributed by atoms with Crippen LogP contribution in [-0.4, -0.2) is 49.8 Å². The second kappa shape index (κ2) is 6.24. The van der Waals surface area contributed by atoms with E-state index in [2.05, 4.69) is 18.7 Å². The van der Waals surface area contributed by atoms with Crippen LogP contribution in [0, 0.1) is 6.92 Å². The minimum absolute atomic E-state index is 0.403. The summed E-state index contributed by atoms with van der Waals surface area (Å²) in [5.74, 6) is 0. The van der Waals surface area contributed by atoms with Crippen LogP contribution in [0.15, 0.2) is 29.2 Å². The van der Waals surface area contributed by atoms with E-state index >= 15 is 0 Å². The van der Waals surface area contributed by atoms with E-state index in [9.17, 15) is 8.42 Å². The van der Waals surface area contributed by atoms with Crippen molar-refractivity contribution >= 4 is 10.0 Å². The van der Waals surface area contributed by atoms with Crippen molar-refractivity contribution in [3.63, 3.8) is 0 Å². The molecule has 1 heterocycles. The number of benzene rings is 1. The highest BCUT2D eigenvalue weighted by molar-refractivity contribution is 7.89. The zero-order chi connectivity index (χ0) is 14.8. The molecule has 0 unspecified atom stereocenters. The largest absolute Gasteiger partial charge is 0.298 e. The summed E-state index contributed by atoms with van der Waals surface area (Å²) in [4.78, 5) is 2.77. The molecule has 1 aromatic rings. The van der Waals surface area contributed by atoms with Gasteiger partial charge in [0, 0.05) is 32.2 Å². The monoisotopic (exact) mass is 296 g/mol. The van der Waals surface area contributed by atoms with Crippen LogP contribution in [0.4, 0.5) is 0 Å². The van der Waals surface area contributed by atoms with Gasteiger partial charge < -0.3 is 0 Å². The van der Waals surface area contributed by atoms with Crippen LogP contribution >= 0.6 is 0 Å². The fraction of sp³-hybridized carbons (Fsp3) is 0.600. The molecule has 1 saturated heterocycles. The lowest BCUT2D eigenvalue weighted by atomic mass is 10.2. The van der Waals surface area contributed by atoms with Gasteiger partial charge in [-0.05, 0) is 32.4 Å². The van der Waals surface area contributed by atoms with E-state index in [0.29, 0.717) is 24.0 Å². The average Bonchev–Trinajstić information content (AvgIpc) is 2.47. The highest BCUT2D eigenvalue weighted by Gasteiger charge is 2.29. The molecule has 112 valence electrons. The highest BCUT2D eigenvalue weighted by Crippen LogP contribution is 2.19. The van der Waals surface area contributed by atoms with Gasteiger partial charge in [-0.2, -0.15) is 4.31 Å². The fourth-order valence-electron chi connectivity index (χ4n) is 2.50. The molecule has 4 nitrogen and oxygen atoms in total. The first-order valence-electron chi connectivity index (χ1n) is 7.26. The van der Waals surface area contributed by atoms with Crippen molar-refractivity contribution in [1.29, 1.82) is 0 Å². The summed E-state index contributed by atoms with van der Waals surface area (Å²) in [6, 6.07) is 7.63. The Balaban J connectivity index is 2.07. The molecule has 1 aliphatic heterocycles.